The summed E-state index contributed by atoms with van der Waals surface area (Å²) in [5.41, 5.74) is 7.97. The van der Waals surface area contributed by atoms with Gasteiger partial charge in [-0.15, -0.1) is 0 Å². The van der Waals surface area contributed by atoms with Crippen molar-refractivity contribution in [3.8, 4) is 0 Å². The normalized spacial score (nSPS) is 22.9. The third-order valence-corrected chi connectivity index (χ3v) is 3.46. The molecule has 20 heavy (non-hydrogen) atoms. The highest BCUT2D eigenvalue weighted by atomic mass is 16.6. The Kier molecular flexibility index (Phi) is 4.04. The SMILES string of the molecule is Cc1cccc(C2C(N)CCN2C(=O)OC(C)(C)C)c1. The Morgan fingerprint density at radius 1 is 1.40 bits per heavy atom. The first-order valence-corrected chi connectivity index (χ1v) is 7.10. The fourth-order valence-corrected chi connectivity index (χ4v) is 2.62. The lowest BCUT2D eigenvalue weighted by Gasteiger charge is -2.30. The molecule has 1 aromatic rings. The van der Waals surface area contributed by atoms with Crippen molar-refractivity contribution in [3.05, 3.63) is 35.4 Å². The zero-order chi connectivity index (χ0) is 14.9. The van der Waals surface area contributed by atoms with Crippen molar-refractivity contribution in [1.82, 2.24) is 4.90 Å². The van der Waals surface area contributed by atoms with Gasteiger partial charge in [0.15, 0.2) is 0 Å². The lowest BCUT2D eigenvalue weighted by Crippen LogP contribution is -2.39. The molecule has 2 N–H and O–H groups in total. The summed E-state index contributed by atoms with van der Waals surface area (Å²) >= 11 is 0. The Labute approximate surface area is 120 Å². The van der Waals surface area contributed by atoms with Gasteiger partial charge in [-0.3, -0.25) is 4.90 Å². The van der Waals surface area contributed by atoms with Gasteiger partial charge in [-0.2, -0.15) is 0 Å². The number of carbonyl (C=O) groups excluding carboxylic acids is 1. The molecular formula is C16H24N2O2. The second-order valence-corrected chi connectivity index (χ2v) is 6.49. The van der Waals surface area contributed by atoms with Crippen LogP contribution in [0.25, 0.3) is 0 Å². The van der Waals surface area contributed by atoms with Crippen LogP contribution in [0.4, 0.5) is 4.79 Å². The minimum absolute atomic E-state index is 0.0377. The van der Waals surface area contributed by atoms with Crippen molar-refractivity contribution in [3.63, 3.8) is 0 Å². The molecule has 1 amide bonds. The van der Waals surface area contributed by atoms with Crippen molar-refractivity contribution in [2.45, 2.75) is 51.8 Å². The van der Waals surface area contributed by atoms with E-state index in [1.165, 1.54) is 5.56 Å². The van der Waals surface area contributed by atoms with Gasteiger partial charge in [-0.25, -0.2) is 4.79 Å². The van der Waals surface area contributed by atoms with Crippen LogP contribution in [0.15, 0.2) is 24.3 Å². The van der Waals surface area contributed by atoms with Crippen LogP contribution in [0.2, 0.25) is 0 Å². The number of likely N-dealkylation sites (tertiary alicyclic amines) is 1. The molecule has 4 nitrogen and oxygen atoms in total. The highest BCUT2D eigenvalue weighted by Crippen LogP contribution is 2.32. The van der Waals surface area contributed by atoms with Gasteiger partial charge in [-0.05, 0) is 39.7 Å². The van der Waals surface area contributed by atoms with Crippen LogP contribution in [0.5, 0.6) is 0 Å². The molecule has 1 fully saturated rings. The topological polar surface area (TPSA) is 55.6 Å². The number of ether oxygens (including phenoxy) is 1. The number of nitrogens with two attached hydrogens (primary N) is 1. The summed E-state index contributed by atoms with van der Waals surface area (Å²) in [5.74, 6) is 0. The number of hydrogen-bond donors (Lipinski definition) is 1. The lowest BCUT2D eigenvalue weighted by molar-refractivity contribution is 0.0218. The summed E-state index contributed by atoms with van der Waals surface area (Å²) in [7, 11) is 0. The fraction of sp³-hybridized carbons (Fsp3) is 0.562. The van der Waals surface area contributed by atoms with E-state index in [9.17, 15) is 4.79 Å². The second-order valence-electron chi connectivity index (χ2n) is 6.49. The summed E-state index contributed by atoms with van der Waals surface area (Å²) in [6.07, 6.45) is 0.523. The van der Waals surface area contributed by atoms with E-state index >= 15 is 0 Å². The van der Waals surface area contributed by atoms with Crippen LogP contribution in [0.3, 0.4) is 0 Å². The van der Waals surface area contributed by atoms with Crippen LogP contribution >= 0.6 is 0 Å². The number of nitrogens with zero attached hydrogens (tertiary/aromatic N) is 1. The monoisotopic (exact) mass is 276 g/mol. The summed E-state index contributed by atoms with van der Waals surface area (Å²) in [4.78, 5) is 14.1. The molecule has 0 saturated carbocycles. The largest absolute Gasteiger partial charge is 0.444 e. The molecule has 0 spiro atoms. The van der Waals surface area contributed by atoms with E-state index in [2.05, 4.69) is 6.07 Å². The summed E-state index contributed by atoms with van der Waals surface area (Å²) in [6.45, 7) is 8.32. The van der Waals surface area contributed by atoms with Crippen LogP contribution in [0.1, 0.15) is 44.4 Å². The van der Waals surface area contributed by atoms with Crippen LogP contribution in [-0.2, 0) is 4.74 Å². The van der Waals surface area contributed by atoms with E-state index in [-0.39, 0.29) is 18.2 Å². The minimum Gasteiger partial charge on any atom is -0.444 e. The van der Waals surface area contributed by atoms with Crippen molar-refractivity contribution >= 4 is 6.09 Å². The average Bonchev–Trinajstić information content (AvgIpc) is 2.69. The smallest absolute Gasteiger partial charge is 0.410 e. The van der Waals surface area contributed by atoms with Gasteiger partial charge in [0.2, 0.25) is 0 Å². The van der Waals surface area contributed by atoms with E-state index < -0.39 is 5.60 Å². The van der Waals surface area contributed by atoms with Crippen molar-refractivity contribution in [2.24, 2.45) is 5.73 Å². The average molecular weight is 276 g/mol. The molecule has 110 valence electrons. The predicted octanol–water partition coefficient (Wildman–Crippen LogP) is 3.00. The molecule has 2 unspecified atom stereocenters. The van der Waals surface area contributed by atoms with Gasteiger partial charge in [-0.1, -0.05) is 29.8 Å². The van der Waals surface area contributed by atoms with Gasteiger partial charge in [0, 0.05) is 12.6 Å². The van der Waals surface area contributed by atoms with Crippen molar-refractivity contribution < 1.29 is 9.53 Å². The number of hydrogen-bond acceptors (Lipinski definition) is 3. The van der Waals surface area contributed by atoms with E-state index in [4.69, 9.17) is 10.5 Å². The van der Waals surface area contributed by atoms with Crippen LogP contribution in [-0.4, -0.2) is 29.2 Å². The van der Waals surface area contributed by atoms with E-state index in [0.717, 1.165) is 12.0 Å². The molecule has 1 aliphatic rings. The predicted molar refractivity (Wildman–Crippen MR) is 79.5 cm³/mol. The molecule has 2 atom stereocenters. The first kappa shape index (κ1) is 14.9. The Hall–Kier alpha value is -1.55. The maximum Gasteiger partial charge on any atom is 0.410 e. The first-order chi connectivity index (χ1) is 9.28. The minimum atomic E-state index is -0.485. The molecule has 1 saturated heterocycles. The van der Waals surface area contributed by atoms with Crippen LogP contribution in [0, 0.1) is 6.92 Å². The zero-order valence-corrected chi connectivity index (χ0v) is 12.7. The number of rotatable bonds is 1. The lowest BCUT2D eigenvalue weighted by atomic mass is 9.99. The van der Waals surface area contributed by atoms with Crippen LogP contribution < -0.4 is 5.73 Å². The fourth-order valence-electron chi connectivity index (χ4n) is 2.62. The maximum atomic E-state index is 12.3. The summed E-state index contributed by atoms with van der Waals surface area (Å²) in [6, 6.07) is 8.03. The molecule has 1 heterocycles. The van der Waals surface area contributed by atoms with Crippen molar-refractivity contribution in [1.29, 1.82) is 0 Å². The van der Waals surface area contributed by atoms with Gasteiger partial charge in [0.1, 0.15) is 5.60 Å². The summed E-state index contributed by atoms with van der Waals surface area (Å²) in [5, 5.41) is 0. The second kappa shape index (κ2) is 5.44. The molecule has 1 aliphatic heterocycles. The van der Waals surface area contributed by atoms with Gasteiger partial charge in [0.25, 0.3) is 0 Å². The summed E-state index contributed by atoms with van der Waals surface area (Å²) < 4.78 is 5.48. The van der Waals surface area contributed by atoms with E-state index in [1.54, 1.807) is 4.90 Å². The van der Waals surface area contributed by atoms with E-state index in [1.807, 2.05) is 45.9 Å². The molecule has 0 aliphatic carbocycles. The van der Waals surface area contributed by atoms with Gasteiger partial charge < -0.3 is 10.5 Å². The standard InChI is InChI=1S/C16H24N2O2/c1-11-6-5-7-12(10-11)14-13(17)8-9-18(14)15(19)20-16(2,3)4/h5-7,10,13-14H,8-9,17H2,1-4H3. The first-order valence-electron chi connectivity index (χ1n) is 7.10. The molecule has 2 rings (SSSR count). The van der Waals surface area contributed by atoms with Gasteiger partial charge in [0.05, 0.1) is 6.04 Å². The van der Waals surface area contributed by atoms with Crippen molar-refractivity contribution in [2.75, 3.05) is 6.54 Å². The molecular weight excluding hydrogens is 252 g/mol. The molecule has 0 radical (unpaired) electrons. The number of carbonyl (C=O) groups is 1. The Morgan fingerprint density at radius 2 is 2.10 bits per heavy atom. The maximum absolute atomic E-state index is 12.3. The van der Waals surface area contributed by atoms with E-state index in [0.29, 0.717) is 6.54 Å². The third kappa shape index (κ3) is 3.31. The molecule has 1 aromatic carbocycles. The molecule has 4 heteroatoms. The Bertz CT molecular complexity index is 493. The highest BCUT2D eigenvalue weighted by molar-refractivity contribution is 5.69. The molecule has 0 aromatic heterocycles. The molecule has 0 bridgehead atoms. The third-order valence-electron chi connectivity index (χ3n) is 3.46. The number of aryl methyl sites for hydroxylation is 1. The Morgan fingerprint density at radius 3 is 2.70 bits per heavy atom. The number of amides is 1. The quantitative estimate of drug-likeness (QED) is 0.858. The zero-order valence-electron chi connectivity index (χ0n) is 12.7. The van der Waals surface area contributed by atoms with Gasteiger partial charge >= 0.3 is 6.09 Å². The Balaban J connectivity index is 2.23. The number of benzene rings is 1. The highest BCUT2D eigenvalue weighted by Gasteiger charge is 2.38.